The number of hydrogen-bond acceptors (Lipinski definition) is 3. The Kier molecular flexibility index (Phi) is 5.37. The molecule has 124 valence electrons. The van der Waals surface area contributed by atoms with E-state index in [1.807, 2.05) is 6.07 Å². The fraction of sp³-hybridized carbons (Fsp3) is 0.706. The molecule has 1 saturated carbocycles. The molecular formula is C17H28ClNO2Si. The second-order valence-corrected chi connectivity index (χ2v) is 13.0. The van der Waals surface area contributed by atoms with Gasteiger partial charge in [0, 0.05) is 18.2 Å². The number of rotatable bonds is 3. The van der Waals surface area contributed by atoms with Gasteiger partial charge < -0.3 is 9.53 Å². The number of hydrogen-bond donors (Lipinski definition) is 1. The van der Waals surface area contributed by atoms with Gasteiger partial charge >= 0.3 is 0 Å². The standard InChI is InChI=1S/C17H28ClNO2Si/c1-17(2,3)22(4,5)21-13-7-8-15(20)14(10-13)12-6-9-16(18)19-11-12/h6,9,11,13-15,20H,7-8,10H2,1-5H3/t13-,14+,15+/m0/s1. The van der Waals surface area contributed by atoms with E-state index in [1.54, 1.807) is 12.3 Å². The van der Waals surface area contributed by atoms with E-state index in [9.17, 15) is 5.11 Å². The third kappa shape index (κ3) is 4.10. The van der Waals surface area contributed by atoms with Crippen molar-refractivity contribution in [3.63, 3.8) is 0 Å². The lowest BCUT2D eigenvalue weighted by molar-refractivity contribution is 0.0407. The first-order valence-corrected chi connectivity index (χ1v) is 11.4. The van der Waals surface area contributed by atoms with Crippen LogP contribution >= 0.6 is 11.6 Å². The first-order valence-electron chi connectivity index (χ1n) is 8.07. The van der Waals surface area contributed by atoms with Crippen molar-refractivity contribution in [2.45, 2.75) is 76.3 Å². The Balaban J connectivity index is 2.10. The number of pyridine rings is 1. The lowest BCUT2D eigenvalue weighted by atomic mass is 9.81. The molecule has 2 rings (SSSR count). The third-order valence-electron chi connectivity index (χ3n) is 5.21. The molecule has 1 aliphatic rings. The topological polar surface area (TPSA) is 42.4 Å². The highest BCUT2D eigenvalue weighted by Gasteiger charge is 2.41. The monoisotopic (exact) mass is 341 g/mol. The Hall–Kier alpha value is -0.423. The van der Waals surface area contributed by atoms with Crippen LogP contribution in [-0.4, -0.2) is 30.6 Å². The molecule has 1 aromatic heterocycles. The van der Waals surface area contributed by atoms with Gasteiger partial charge in [-0.05, 0) is 49.0 Å². The van der Waals surface area contributed by atoms with Gasteiger partial charge in [-0.15, -0.1) is 0 Å². The summed E-state index contributed by atoms with van der Waals surface area (Å²) in [6.45, 7) is 11.4. The predicted octanol–water partition coefficient (Wildman–Crippen LogP) is 4.75. The van der Waals surface area contributed by atoms with Crippen LogP contribution in [0.3, 0.4) is 0 Å². The molecule has 0 bridgehead atoms. The van der Waals surface area contributed by atoms with E-state index in [-0.39, 0.29) is 23.2 Å². The molecule has 0 saturated heterocycles. The van der Waals surface area contributed by atoms with Crippen LogP contribution < -0.4 is 0 Å². The summed E-state index contributed by atoms with van der Waals surface area (Å²) in [7, 11) is -1.77. The van der Waals surface area contributed by atoms with Crippen LogP contribution in [-0.2, 0) is 4.43 Å². The first kappa shape index (κ1) is 17.9. The normalized spacial score (nSPS) is 27.0. The van der Waals surface area contributed by atoms with Crippen molar-refractivity contribution in [2.75, 3.05) is 0 Å². The molecule has 0 unspecified atom stereocenters. The molecule has 1 fully saturated rings. The van der Waals surface area contributed by atoms with E-state index in [0.717, 1.165) is 24.8 Å². The molecule has 0 aromatic carbocycles. The van der Waals surface area contributed by atoms with E-state index < -0.39 is 8.32 Å². The van der Waals surface area contributed by atoms with Gasteiger partial charge in [0.15, 0.2) is 8.32 Å². The molecular weight excluding hydrogens is 314 g/mol. The molecule has 3 atom stereocenters. The number of aromatic nitrogens is 1. The summed E-state index contributed by atoms with van der Waals surface area (Å²) in [6, 6.07) is 3.76. The zero-order valence-corrected chi connectivity index (χ0v) is 16.0. The lowest BCUT2D eigenvalue weighted by Crippen LogP contribution is -2.46. The van der Waals surface area contributed by atoms with Crippen LogP contribution in [0.4, 0.5) is 0 Å². The van der Waals surface area contributed by atoms with Crippen molar-refractivity contribution in [1.29, 1.82) is 0 Å². The van der Waals surface area contributed by atoms with Crippen molar-refractivity contribution in [3.8, 4) is 0 Å². The fourth-order valence-corrected chi connectivity index (χ4v) is 4.29. The zero-order chi connectivity index (χ0) is 16.5. The highest BCUT2D eigenvalue weighted by molar-refractivity contribution is 6.74. The number of aliphatic hydroxyl groups is 1. The Morgan fingerprint density at radius 1 is 1.27 bits per heavy atom. The molecule has 22 heavy (non-hydrogen) atoms. The molecule has 0 aliphatic heterocycles. The summed E-state index contributed by atoms with van der Waals surface area (Å²) in [6.07, 6.45) is 4.27. The highest BCUT2D eigenvalue weighted by Crippen LogP contribution is 2.41. The maximum Gasteiger partial charge on any atom is 0.192 e. The van der Waals surface area contributed by atoms with Gasteiger partial charge in [0.05, 0.1) is 6.10 Å². The highest BCUT2D eigenvalue weighted by atomic mass is 35.5. The van der Waals surface area contributed by atoms with Crippen LogP contribution in [0.5, 0.6) is 0 Å². The van der Waals surface area contributed by atoms with Crippen LogP contribution in [0, 0.1) is 0 Å². The quantitative estimate of drug-likeness (QED) is 0.637. The minimum Gasteiger partial charge on any atom is -0.414 e. The molecule has 1 aliphatic carbocycles. The van der Waals surface area contributed by atoms with E-state index >= 15 is 0 Å². The molecule has 1 N–H and O–H groups in total. The van der Waals surface area contributed by atoms with Gasteiger partial charge in [0.1, 0.15) is 5.15 Å². The minimum absolute atomic E-state index is 0.0910. The average Bonchev–Trinajstić information content (AvgIpc) is 2.40. The SMILES string of the molecule is CC(C)(C)[Si](C)(C)O[C@H]1CC[C@@H](O)[C@@H](c2ccc(Cl)nc2)C1. The van der Waals surface area contributed by atoms with Crippen LogP contribution in [0.2, 0.25) is 23.3 Å². The summed E-state index contributed by atoms with van der Waals surface area (Å²) < 4.78 is 6.55. The van der Waals surface area contributed by atoms with Gasteiger partial charge in [-0.1, -0.05) is 38.4 Å². The number of aliphatic hydroxyl groups excluding tert-OH is 1. The summed E-state index contributed by atoms with van der Waals surface area (Å²) >= 11 is 5.86. The minimum atomic E-state index is -1.77. The smallest absolute Gasteiger partial charge is 0.192 e. The Morgan fingerprint density at radius 3 is 2.50 bits per heavy atom. The fourth-order valence-electron chi connectivity index (χ4n) is 2.78. The molecule has 1 aromatic rings. The van der Waals surface area contributed by atoms with Gasteiger partial charge in [-0.2, -0.15) is 0 Å². The molecule has 0 amide bonds. The number of nitrogens with zero attached hydrogens (tertiary/aromatic N) is 1. The average molecular weight is 342 g/mol. The Bertz CT molecular complexity index is 498. The van der Waals surface area contributed by atoms with E-state index in [4.69, 9.17) is 16.0 Å². The van der Waals surface area contributed by atoms with Crippen LogP contribution in [0.25, 0.3) is 0 Å². The maximum absolute atomic E-state index is 10.4. The maximum atomic E-state index is 10.4. The lowest BCUT2D eigenvalue weighted by Gasteiger charge is -2.42. The van der Waals surface area contributed by atoms with E-state index in [1.165, 1.54) is 0 Å². The van der Waals surface area contributed by atoms with Gasteiger partial charge in [-0.3, -0.25) is 0 Å². The van der Waals surface area contributed by atoms with E-state index in [2.05, 4.69) is 38.8 Å². The van der Waals surface area contributed by atoms with Crippen molar-refractivity contribution in [3.05, 3.63) is 29.0 Å². The second-order valence-electron chi connectivity index (χ2n) is 7.90. The third-order valence-corrected chi connectivity index (χ3v) is 9.97. The van der Waals surface area contributed by atoms with Crippen LogP contribution in [0.15, 0.2) is 18.3 Å². The van der Waals surface area contributed by atoms with Crippen molar-refractivity contribution >= 4 is 19.9 Å². The molecule has 1 heterocycles. The van der Waals surface area contributed by atoms with Crippen molar-refractivity contribution < 1.29 is 9.53 Å². The van der Waals surface area contributed by atoms with Crippen molar-refractivity contribution in [2.24, 2.45) is 0 Å². The van der Waals surface area contributed by atoms with Crippen LogP contribution in [0.1, 0.15) is 51.5 Å². The Morgan fingerprint density at radius 2 is 1.95 bits per heavy atom. The van der Waals surface area contributed by atoms with E-state index in [0.29, 0.717) is 5.15 Å². The van der Waals surface area contributed by atoms with Gasteiger partial charge in [-0.25, -0.2) is 4.98 Å². The Labute approximate surface area is 140 Å². The van der Waals surface area contributed by atoms with Crippen molar-refractivity contribution in [1.82, 2.24) is 4.98 Å². The van der Waals surface area contributed by atoms with Gasteiger partial charge in [0.2, 0.25) is 0 Å². The molecule has 3 nitrogen and oxygen atoms in total. The predicted molar refractivity (Wildman–Crippen MR) is 93.9 cm³/mol. The second kappa shape index (κ2) is 6.60. The van der Waals surface area contributed by atoms with Gasteiger partial charge in [0.25, 0.3) is 0 Å². The summed E-state index contributed by atoms with van der Waals surface area (Å²) in [5.74, 6) is 0.0910. The summed E-state index contributed by atoms with van der Waals surface area (Å²) in [5, 5.41) is 11.1. The largest absolute Gasteiger partial charge is 0.414 e. The summed E-state index contributed by atoms with van der Waals surface area (Å²) in [5.41, 5.74) is 1.06. The molecule has 5 heteroatoms. The molecule has 0 spiro atoms. The summed E-state index contributed by atoms with van der Waals surface area (Å²) in [4.78, 5) is 4.15. The molecule has 0 radical (unpaired) electrons. The first-order chi connectivity index (χ1) is 10.1. The number of halogens is 1. The zero-order valence-electron chi connectivity index (χ0n) is 14.3.